The Kier molecular flexibility index (Phi) is 5.87. The van der Waals surface area contributed by atoms with Gasteiger partial charge in [0.25, 0.3) is 0 Å². The first-order chi connectivity index (χ1) is 8.27. The fraction of sp³-hybridized carbons (Fsp3) is 0.250. The second-order valence-corrected chi connectivity index (χ2v) is 3.80. The minimum Gasteiger partial charge on any atom is -0.497 e. The van der Waals surface area contributed by atoms with Gasteiger partial charge >= 0.3 is 0 Å². The van der Waals surface area contributed by atoms with Crippen molar-refractivity contribution in [3.05, 3.63) is 65.7 Å². The van der Waals surface area contributed by atoms with Crippen molar-refractivity contribution in [2.75, 3.05) is 7.11 Å². The Morgan fingerprint density at radius 3 is 1.88 bits per heavy atom. The summed E-state index contributed by atoms with van der Waals surface area (Å²) in [6.45, 7) is 4.33. The number of hydrogen-bond donors (Lipinski definition) is 0. The lowest BCUT2D eigenvalue weighted by atomic mass is 10.1. The molecule has 0 atom stereocenters. The van der Waals surface area contributed by atoms with Crippen molar-refractivity contribution in [3.63, 3.8) is 0 Å². The molecule has 0 aliphatic rings. The van der Waals surface area contributed by atoms with E-state index < -0.39 is 0 Å². The van der Waals surface area contributed by atoms with Gasteiger partial charge in [0.2, 0.25) is 0 Å². The van der Waals surface area contributed by atoms with Gasteiger partial charge in [0.15, 0.2) is 0 Å². The molecule has 0 N–H and O–H groups in total. The highest BCUT2D eigenvalue weighted by atomic mass is 16.5. The van der Waals surface area contributed by atoms with Crippen LogP contribution in [0.4, 0.5) is 0 Å². The van der Waals surface area contributed by atoms with Gasteiger partial charge in [-0.1, -0.05) is 49.4 Å². The van der Waals surface area contributed by atoms with E-state index in [0.717, 1.165) is 12.2 Å². The Bertz CT molecular complexity index is 421. The summed E-state index contributed by atoms with van der Waals surface area (Å²) in [5.74, 6) is 0.910. The van der Waals surface area contributed by atoms with Crippen molar-refractivity contribution in [1.29, 1.82) is 0 Å². The maximum atomic E-state index is 4.91. The molecule has 2 aromatic rings. The SMILES string of the molecule is CCc1ccccc1C.COc1ccccc1. The van der Waals surface area contributed by atoms with Crippen molar-refractivity contribution in [2.45, 2.75) is 20.3 Å². The van der Waals surface area contributed by atoms with Crippen LogP contribution in [0, 0.1) is 6.92 Å². The molecule has 0 saturated heterocycles. The summed E-state index contributed by atoms with van der Waals surface area (Å²) in [6.07, 6.45) is 1.15. The van der Waals surface area contributed by atoms with Gasteiger partial charge in [0.1, 0.15) is 5.75 Å². The lowest BCUT2D eigenvalue weighted by Gasteiger charge is -1.98. The zero-order valence-electron chi connectivity index (χ0n) is 10.8. The van der Waals surface area contributed by atoms with Crippen molar-refractivity contribution in [1.82, 2.24) is 0 Å². The molecule has 1 nitrogen and oxygen atoms in total. The van der Waals surface area contributed by atoms with E-state index in [1.165, 1.54) is 11.1 Å². The normalized spacial score (nSPS) is 9.12. The van der Waals surface area contributed by atoms with Crippen LogP contribution < -0.4 is 4.74 Å². The van der Waals surface area contributed by atoms with Gasteiger partial charge in [0, 0.05) is 0 Å². The standard InChI is InChI=1S/C9H12.C7H8O/c1-3-9-7-5-4-6-8(9)2;1-8-7-5-3-2-4-6-7/h4-7H,3H2,1-2H3;2-6H,1H3. The average molecular weight is 228 g/mol. The fourth-order valence-corrected chi connectivity index (χ4v) is 1.56. The third-order valence-electron chi connectivity index (χ3n) is 2.62. The predicted octanol–water partition coefficient (Wildman–Crippen LogP) is 4.25. The first-order valence-electron chi connectivity index (χ1n) is 5.91. The lowest BCUT2D eigenvalue weighted by molar-refractivity contribution is 0.415. The molecule has 0 aromatic heterocycles. The molecule has 0 unspecified atom stereocenters. The average Bonchev–Trinajstić information content (AvgIpc) is 2.41. The molecule has 0 aliphatic carbocycles. The molecule has 2 rings (SSSR count). The summed E-state index contributed by atoms with van der Waals surface area (Å²) in [6, 6.07) is 18.2. The van der Waals surface area contributed by atoms with Crippen LogP contribution in [0.15, 0.2) is 54.6 Å². The maximum absolute atomic E-state index is 4.91. The smallest absolute Gasteiger partial charge is 0.118 e. The molecule has 90 valence electrons. The minimum atomic E-state index is 0.910. The van der Waals surface area contributed by atoms with E-state index in [1.54, 1.807) is 7.11 Å². The van der Waals surface area contributed by atoms with Gasteiger partial charge in [-0.2, -0.15) is 0 Å². The largest absolute Gasteiger partial charge is 0.497 e. The number of ether oxygens (including phenoxy) is 1. The molecule has 2 aromatic carbocycles. The summed E-state index contributed by atoms with van der Waals surface area (Å²) in [4.78, 5) is 0. The van der Waals surface area contributed by atoms with Gasteiger partial charge in [-0.3, -0.25) is 0 Å². The third-order valence-corrected chi connectivity index (χ3v) is 2.62. The molecule has 0 saturated carbocycles. The van der Waals surface area contributed by atoms with Crippen LogP contribution >= 0.6 is 0 Å². The lowest BCUT2D eigenvalue weighted by Crippen LogP contribution is -1.82. The van der Waals surface area contributed by atoms with Crippen LogP contribution in [0.5, 0.6) is 5.75 Å². The van der Waals surface area contributed by atoms with Gasteiger partial charge < -0.3 is 4.74 Å². The zero-order chi connectivity index (χ0) is 12.5. The molecular formula is C16H20O. The van der Waals surface area contributed by atoms with Crippen LogP contribution in [0.1, 0.15) is 18.1 Å². The summed E-state index contributed by atoms with van der Waals surface area (Å²) in [5.41, 5.74) is 2.86. The second kappa shape index (κ2) is 7.50. The molecule has 0 radical (unpaired) electrons. The Hall–Kier alpha value is -1.76. The van der Waals surface area contributed by atoms with E-state index >= 15 is 0 Å². The van der Waals surface area contributed by atoms with Gasteiger partial charge in [-0.15, -0.1) is 0 Å². The van der Waals surface area contributed by atoms with Gasteiger partial charge in [-0.25, -0.2) is 0 Å². The molecular weight excluding hydrogens is 208 g/mol. The molecule has 0 heterocycles. The Labute approximate surface area is 104 Å². The van der Waals surface area contributed by atoms with Crippen molar-refractivity contribution >= 4 is 0 Å². The van der Waals surface area contributed by atoms with Crippen molar-refractivity contribution in [2.24, 2.45) is 0 Å². The zero-order valence-corrected chi connectivity index (χ0v) is 10.8. The number of methoxy groups -OCH3 is 1. The predicted molar refractivity (Wildman–Crippen MR) is 73.6 cm³/mol. The third kappa shape index (κ3) is 4.73. The molecule has 0 fully saturated rings. The summed E-state index contributed by atoms with van der Waals surface area (Å²) < 4.78 is 4.91. The Balaban J connectivity index is 0.000000171. The number of benzene rings is 2. The highest BCUT2D eigenvalue weighted by Crippen LogP contribution is 2.06. The second-order valence-electron chi connectivity index (χ2n) is 3.80. The molecule has 0 spiro atoms. The van der Waals surface area contributed by atoms with E-state index in [0.29, 0.717) is 0 Å². The van der Waals surface area contributed by atoms with Gasteiger partial charge in [-0.05, 0) is 36.6 Å². The first-order valence-corrected chi connectivity index (χ1v) is 5.91. The number of hydrogen-bond acceptors (Lipinski definition) is 1. The molecule has 1 heteroatoms. The van der Waals surface area contributed by atoms with E-state index in [1.807, 2.05) is 30.3 Å². The topological polar surface area (TPSA) is 9.23 Å². The summed E-state index contributed by atoms with van der Waals surface area (Å²) in [7, 11) is 1.66. The number of para-hydroxylation sites is 1. The van der Waals surface area contributed by atoms with Crippen LogP contribution in [-0.2, 0) is 6.42 Å². The molecule has 0 aliphatic heterocycles. The first kappa shape index (κ1) is 13.3. The highest BCUT2D eigenvalue weighted by Gasteiger charge is 1.89. The summed E-state index contributed by atoms with van der Waals surface area (Å²) >= 11 is 0. The monoisotopic (exact) mass is 228 g/mol. The summed E-state index contributed by atoms with van der Waals surface area (Å²) in [5, 5.41) is 0. The van der Waals surface area contributed by atoms with Crippen molar-refractivity contribution < 1.29 is 4.74 Å². The Morgan fingerprint density at radius 1 is 0.882 bits per heavy atom. The van der Waals surface area contributed by atoms with Crippen molar-refractivity contribution in [3.8, 4) is 5.75 Å². The highest BCUT2D eigenvalue weighted by molar-refractivity contribution is 5.25. The fourth-order valence-electron chi connectivity index (χ4n) is 1.56. The van der Waals surface area contributed by atoms with E-state index in [9.17, 15) is 0 Å². The van der Waals surface area contributed by atoms with Crippen LogP contribution in [0.2, 0.25) is 0 Å². The molecule has 17 heavy (non-hydrogen) atoms. The van der Waals surface area contributed by atoms with Crippen LogP contribution in [-0.4, -0.2) is 7.11 Å². The van der Waals surface area contributed by atoms with E-state index in [-0.39, 0.29) is 0 Å². The number of rotatable bonds is 2. The van der Waals surface area contributed by atoms with Crippen LogP contribution in [0.3, 0.4) is 0 Å². The van der Waals surface area contributed by atoms with E-state index in [2.05, 4.69) is 38.1 Å². The van der Waals surface area contributed by atoms with Gasteiger partial charge in [0.05, 0.1) is 7.11 Å². The van der Waals surface area contributed by atoms with Crippen LogP contribution in [0.25, 0.3) is 0 Å². The molecule has 0 bridgehead atoms. The number of aryl methyl sites for hydroxylation is 2. The minimum absolute atomic E-state index is 0.910. The van der Waals surface area contributed by atoms with E-state index in [4.69, 9.17) is 4.74 Å². The molecule has 0 amide bonds. The Morgan fingerprint density at radius 2 is 1.47 bits per heavy atom. The maximum Gasteiger partial charge on any atom is 0.118 e. The quantitative estimate of drug-likeness (QED) is 0.746.